The second-order valence-electron chi connectivity index (χ2n) is 7.66. The maximum Gasteiger partial charge on any atom is 0.230 e. The van der Waals surface area contributed by atoms with Crippen molar-refractivity contribution < 1.29 is 14.0 Å². The Hall–Kier alpha value is -1.36. The fourth-order valence-electron chi connectivity index (χ4n) is 2.76. The van der Waals surface area contributed by atoms with E-state index < -0.39 is 5.82 Å². The number of thioether (sulfide) groups is 1. The van der Waals surface area contributed by atoms with Crippen molar-refractivity contribution in [3.63, 3.8) is 0 Å². The van der Waals surface area contributed by atoms with Gasteiger partial charge in [0.15, 0.2) is 5.78 Å². The first-order valence-corrected chi connectivity index (χ1v) is 8.62. The van der Waals surface area contributed by atoms with Crippen molar-refractivity contribution in [2.75, 3.05) is 5.75 Å². The van der Waals surface area contributed by atoms with E-state index in [4.69, 9.17) is 0 Å². The molecule has 23 heavy (non-hydrogen) atoms. The summed E-state index contributed by atoms with van der Waals surface area (Å²) in [5.74, 6) is -0.630. The SMILES string of the molecule is CC(=O)c1ccc(SCC(=O)NC(C)(C)CC(C)(C)C)c(F)c1. The molecule has 0 bridgehead atoms. The van der Waals surface area contributed by atoms with E-state index in [0.29, 0.717) is 10.5 Å². The lowest BCUT2D eigenvalue weighted by atomic mass is 9.82. The van der Waals surface area contributed by atoms with E-state index in [0.717, 1.165) is 18.2 Å². The number of benzene rings is 1. The van der Waals surface area contributed by atoms with E-state index in [2.05, 4.69) is 26.1 Å². The molecule has 0 aromatic heterocycles. The predicted molar refractivity (Wildman–Crippen MR) is 93.4 cm³/mol. The number of Topliss-reactive ketones (excluding diaryl/α,β-unsaturated/α-hetero) is 1. The van der Waals surface area contributed by atoms with Crippen LogP contribution in [-0.2, 0) is 4.79 Å². The molecule has 0 radical (unpaired) electrons. The number of hydrogen-bond donors (Lipinski definition) is 1. The van der Waals surface area contributed by atoms with Gasteiger partial charge in [-0.1, -0.05) is 26.8 Å². The Balaban J connectivity index is 2.61. The van der Waals surface area contributed by atoms with Gasteiger partial charge in [-0.05, 0) is 44.7 Å². The van der Waals surface area contributed by atoms with Crippen molar-refractivity contribution in [1.29, 1.82) is 0 Å². The van der Waals surface area contributed by atoms with Gasteiger partial charge in [0.25, 0.3) is 0 Å². The van der Waals surface area contributed by atoms with Gasteiger partial charge < -0.3 is 5.32 Å². The first-order valence-electron chi connectivity index (χ1n) is 7.64. The van der Waals surface area contributed by atoms with Crippen molar-refractivity contribution in [1.82, 2.24) is 5.32 Å². The first kappa shape index (κ1) is 19.7. The quantitative estimate of drug-likeness (QED) is 0.615. The van der Waals surface area contributed by atoms with Crippen LogP contribution in [0.3, 0.4) is 0 Å². The van der Waals surface area contributed by atoms with E-state index in [1.807, 2.05) is 13.8 Å². The zero-order chi connectivity index (χ0) is 17.8. The number of carbonyl (C=O) groups is 2. The highest BCUT2D eigenvalue weighted by Gasteiger charge is 2.26. The van der Waals surface area contributed by atoms with Crippen LogP contribution in [0.15, 0.2) is 23.1 Å². The van der Waals surface area contributed by atoms with Gasteiger partial charge in [0.05, 0.1) is 5.75 Å². The van der Waals surface area contributed by atoms with Gasteiger partial charge in [0, 0.05) is 16.0 Å². The molecule has 1 rings (SSSR count). The largest absolute Gasteiger partial charge is 0.350 e. The van der Waals surface area contributed by atoms with Crippen LogP contribution >= 0.6 is 11.8 Å². The standard InChI is InChI=1S/C18H26FNO2S/c1-12(21)13-7-8-15(14(19)9-13)23-10-16(22)20-18(5,6)11-17(2,3)4/h7-9H,10-11H2,1-6H3,(H,20,22). The van der Waals surface area contributed by atoms with E-state index in [1.54, 1.807) is 12.1 Å². The molecule has 3 nitrogen and oxygen atoms in total. The fraction of sp³-hybridized carbons (Fsp3) is 0.556. The monoisotopic (exact) mass is 339 g/mol. The third kappa shape index (κ3) is 7.16. The van der Waals surface area contributed by atoms with Crippen molar-refractivity contribution >= 4 is 23.5 Å². The Kier molecular flexibility index (Phi) is 6.40. The van der Waals surface area contributed by atoms with Crippen LogP contribution in [0.2, 0.25) is 0 Å². The molecule has 128 valence electrons. The zero-order valence-electron chi connectivity index (χ0n) is 14.7. The summed E-state index contributed by atoms with van der Waals surface area (Å²) >= 11 is 1.14. The summed E-state index contributed by atoms with van der Waals surface area (Å²) in [6, 6.07) is 4.34. The molecule has 0 aliphatic heterocycles. The summed E-state index contributed by atoms with van der Waals surface area (Å²) in [6.45, 7) is 11.8. The summed E-state index contributed by atoms with van der Waals surface area (Å²) in [5.41, 5.74) is 0.133. The molecule has 0 unspecified atom stereocenters. The highest BCUT2D eigenvalue weighted by atomic mass is 32.2. The Bertz CT molecular complexity index is 591. The molecule has 1 amide bonds. The first-order chi connectivity index (χ1) is 10.4. The van der Waals surface area contributed by atoms with Crippen molar-refractivity contribution in [2.24, 2.45) is 5.41 Å². The third-order valence-corrected chi connectivity index (χ3v) is 4.20. The van der Waals surface area contributed by atoms with Gasteiger partial charge in [-0.2, -0.15) is 0 Å². The minimum absolute atomic E-state index is 0.110. The van der Waals surface area contributed by atoms with Crippen LogP contribution < -0.4 is 5.32 Å². The molecule has 0 fully saturated rings. The average molecular weight is 339 g/mol. The Morgan fingerprint density at radius 3 is 2.26 bits per heavy atom. The molecule has 0 atom stereocenters. The third-order valence-electron chi connectivity index (χ3n) is 3.15. The fourth-order valence-corrected chi connectivity index (χ4v) is 3.48. The normalized spacial score (nSPS) is 12.1. The van der Waals surface area contributed by atoms with Crippen LogP contribution in [0.5, 0.6) is 0 Å². The second kappa shape index (κ2) is 7.47. The number of ketones is 1. The molecule has 0 spiro atoms. The lowest BCUT2D eigenvalue weighted by Gasteiger charge is -2.33. The van der Waals surface area contributed by atoms with Crippen molar-refractivity contribution in [3.05, 3.63) is 29.6 Å². The Labute approximate surface area is 142 Å². The smallest absolute Gasteiger partial charge is 0.230 e. The lowest BCUT2D eigenvalue weighted by Crippen LogP contribution is -2.46. The zero-order valence-corrected chi connectivity index (χ0v) is 15.6. The van der Waals surface area contributed by atoms with Crippen molar-refractivity contribution in [3.8, 4) is 0 Å². The van der Waals surface area contributed by atoms with Gasteiger partial charge >= 0.3 is 0 Å². The number of halogens is 1. The van der Waals surface area contributed by atoms with Gasteiger partial charge in [-0.25, -0.2) is 4.39 Å². The minimum Gasteiger partial charge on any atom is -0.350 e. The van der Waals surface area contributed by atoms with Crippen LogP contribution in [0.4, 0.5) is 4.39 Å². The minimum atomic E-state index is -0.468. The second-order valence-corrected chi connectivity index (χ2v) is 8.68. The molecule has 0 aliphatic rings. The number of rotatable bonds is 6. The summed E-state index contributed by atoms with van der Waals surface area (Å²) < 4.78 is 13.9. The summed E-state index contributed by atoms with van der Waals surface area (Å²) in [7, 11) is 0. The maximum absolute atomic E-state index is 13.9. The van der Waals surface area contributed by atoms with Crippen LogP contribution in [-0.4, -0.2) is 23.0 Å². The summed E-state index contributed by atoms with van der Waals surface area (Å²) in [6.07, 6.45) is 0.845. The Morgan fingerprint density at radius 2 is 1.78 bits per heavy atom. The average Bonchev–Trinajstić information content (AvgIpc) is 2.33. The molecule has 0 saturated carbocycles. The molecule has 0 heterocycles. The maximum atomic E-state index is 13.9. The topological polar surface area (TPSA) is 46.2 Å². The van der Waals surface area contributed by atoms with Crippen LogP contribution in [0, 0.1) is 11.2 Å². The molecule has 1 aromatic rings. The number of carbonyl (C=O) groups excluding carboxylic acids is 2. The number of hydrogen-bond acceptors (Lipinski definition) is 3. The van der Waals surface area contributed by atoms with E-state index in [9.17, 15) is 14.0 Å². The summed E-state index contributed by atoms with van der Waals surface area (Å²) in [5, 5.41) is 3.00. The van der Waals surface area contributed by atoms with E-state index >= 15 is 0 Å². The molecular weight excluding hydrogens is 313 g/mol. The number of nitrogens with one attached hydrogen (secondary N) is 1. The number of amides is 1. The highest BCUT2D eigenvalue weighted by Crippen LogP contribution is 2.27. The predicted octanol–water partition coefficient (Wildman–Crippen LogP) is 4.45. The molecule has 1 N–H and O–H groups in total. The summed E-state index contributed by atoms with van der Waals surface area (Å²) in [4.78, 5) is 23.7. The van der Waals surface area contributed by atoms with Gasteiger partial charge in [0.2, 0.25) is 5.91 Å². The molecular formula is C18H26FNO2S. The highest BCUT2D eigenvalue weighted by molar-refractivity contribution is 8.00. The lowest BCUT2D eigenvalue weighted by molar-refractivity contribution is -0.120. The van der Waals surface area contributed by atoms with Gasteiger partial charge in [0.1, 0.15) is 5.82 Å². The van der Waals surface area contributed by atoms with Crippen LogP contribution in [0.25, 0.3) is 0 Å². The van der Waals surface area contributed by atoms with Gasteiger partial charge in [-0.15, -0.1) is 11.8 Å². The molecule has 0 aliphatic carbocycles. The van der Waals surface area contributed by atoms with Crippen LogP contribution in [0.1, 0.15) is 58.3 Å². The Morgan fingerprint density at radius 1 is 1.17 bits per heavy atom. The van der Waals surface area contributed by atoms with E-state index in [1.165, 1.54) is 13.0 Å². The molecule has 5 heteroatoms. The van der Waals surface area contributed by atoms with E-state index in [-0.39, 0.29) is 28.4 Å². The van der Waals surface area contributed by atoms with Crippen molar-refractivity contribution in [2.45, 2.75) is 58.4 Å². The van der Waals surface area contributed by atoms with Gasteiger partial charge in [-0.3, -0.25) is 9.59 Å². The molecule has 0 saturated heterocycles. The molecule has 1 aromatic carbocycles.